The van der Waals surface area contributed by atoms with Crippen molar-refractivity contribution in [2.45, 2.75) is 13.8 Å². The van der Waals surface area contributed by atoms with Crippen LogP contribution in [0.5, 0.6) is 0 Å². The maximum Gasteiger partial charge on any atom is 0.139 e. The van der Waals surface area contributed by atoms with E-state index < -0.39 is 0 Å². The van der Waals surface area contributed by atoms with E-state index in [4.69, 9.17) is 0 Å². The molecular formula is C14H15NO. The molecule has 16 heavy (non-hydrogen) atoms. The van der Waals surface area contributed by atoms with Crippen LogP contribution in [0.25, 0.3) is 5.57 Å². The van der Waals surface area contributed by atoms with Gasteiger partial charge in [-0.1, -0.05) is 19.2 Å². The summed E-state index contributed by atoms with van der Waals surface area (Å²) in [6.45, 7) is 11.8. The number of aliphatic hydroxyl groups excluding tert-OH is 1. The number of allylic oxidation sites excluding steroid dienone is 2. The van der Waals surface area contributed by atoms with Gasteiger partial charge in [-0.3, -0.25) is 0 Å². The Hall–Kier alpha value is -1.96. The lowest BCUT2D eigenvalue weighted by Gasteiger charge is -2.13. The molecule has 1 aromatic rings. The van der Waals surface area contributed by atoms with Crippen molar-refractivity contribution < 1.29 is 5.11 Å². The van der Waals surface area contributed by atoms with Crippen molar-refractivity contribution in [3.8, 4) is 0 Å². The molecule has 1 aromatic carbocycles. The third kappa shape index (κ3) is 1.63. The fourth-order valence-electron chi connectivity index (χ4n) is 2.04. The van der Waals surface area contributed by atoms with Gasteiger partial charge in [0.05, 0.1) is 5.70 Å². The van der Waals surface area contributed by atoms with E-state index in [1.54, 1.807) is 6.08 Å². The molecule has 0 aromatic heterocycles. The average Bonchev–Trinajstić information content (AvgIpc) is 2.24. The maximum absolute atomic E-state index is 9.70. The zero-order chi connectivity index (χ0) is 11.9. The summed E-state index contributed by atoms with van der Waals surface area (Å²) in [5.74, 6) is 0.137. The molecule has 0 atom stereocenters. The molecule has 2 N–H and O–H groups in total. The van der Waals surface area contributed by atoms with Crippen LogP contribution < -0.4 is 5.32 Å². The summed E-state index contributed by atoms with van der Waals surface area (Å²) in [4.78, 5) is 0. The van der Waals surface area contributed by atoms with E-state index >= 15 is 0 Å². The average molecular weight is 213 g/mol. The first kappa shape index (κ1) is 10.6. The normalized spacial score (nSPS) is 15.0. The number of nitrogens with one attached hydrogen (secondary N) is 1. The Morgan fingerprint density at radius 1 is 1.19 bits per heavy atom. The van der Waals surface area contributed by atoms with Gasteiger partial charge >= 0.3 is 0 Å². The minimum absolute atomic E-state index is 0.137. The molecule has 0 saturated heterocycles. The minimum atomic E-state index is 0.137. The van der Waals surface area contributed by atoms with E-state index in [-0.39, 0.29) is 5.76 Å². The topological polar surface area (TPSA) is 32.3 Å². The van der Waals surface area contributed by atoms with Gasteiger partial charge < -0.3 is 10.4 Å². The molecule has 1 aliphatic heterocycles. The van der Waals surface area contributed by atoms with Gasteiger partial charge in [-0.2, -0.15) is 0 Å². The van der Waals surface area contributed by atoms with Crippen molar-refractivity contribution in [1.29, 1.82) is 0 Å². The van der Waals surface area contributed by atoms with E-state index in [1.807, 2.05) is 19.9 Å². The smallest absolute Gasteiger partial charge is 0.139 e. The summed E-state index contributed by atoms with van der Waals surface area (Å²) in [6, 6.07) is 4.13. The molecule has 2 heteroatoms. The van der Waals surface area contributed by atoms with Crippen molar-refractivity contribution >= 4 is 11.3 Å². The zero-order valence-electron chi connectivity index (χ0n) is 9.59. The number of rotatable bonds is 0. The number of anilines is 1. The fraction of sp³-hybridized carbons (Fsp3) is 0.143. The third-order valence-corrected chi connectivity index (χ3v) is 2.71. The zero-order valence-corrected chi connectivity index (χ0v) is 9.59. The standard InChI is InChI=1S/C14H15NO/c1-8-5-9(2)14-10(3)7-13(16)11(4)15-12(14)6-8/h5-7,15-16H,3-4H2,1-2H3. The number of fused-ring (bicyclic) bond motifs is 1. The summed E-state index contributed by atoms with van der Waals surface area (Å²) in [7, 11) is 0. The van der Waals surface area contributed by atoms with E-state index in [0.29, 0.717) is 5.70 Å². The summed E-state index contributed by atoms with van der Waals surface area (Å²) < 4.78 is 0. The Bertz CT molecular complexity index is 524. The Morgan fingerprint density at radius 2 is 1.88 bits per heavy atom. The monoisotopic (exact) mass is 213 g/mol. The highest BCUT2D eigenvalue weighted by Gasteiger charge is 2.15. The molecule has 0 saturated carbocycles. The van der Waals surface area contributed by atoms with Gasteiger partial charge in [-0.15, -0.1) is 0 Å². The van der Waals surface area contributed by atoms with Gasteiger partial charge in [-0.05, 0) is 42.7 Å². The van der Waals surface area contributed by atoms with Crippen molar-refractivity contribution in [2.24, 2.45) is 0 Å². The first-order valence-electron chi connectivity index (χ1n) is 5.16. The summed E-state index contributed by atoms with van der Waals surface area (Å²) in [5.41, 5.74) is 5.61. The molecule has 0 radical (unpaired) electrons. The van der Waals surface area contributed by atoms with Crippen LogP contribution in [0.1, 0.15) is 16.7 Å². The van der Waals surface area contributed by atoms with Gasteiger partial charge in [0.2, 0.25) is 0 Å². The fourth-order valence-corrected chi connectivity index (χ4v) is 2.04. The number of aliphatic hydroxyl groups is 1. The molecule has 0 aliphatic carbocycles. The number of benzene rings is 1. The van der Waals surface area contributed by atoms with E-state index in [1.165, 1.54) is 5.56 Å². The molecule has 0 bridgehead atoms. The van der Waals surface area contributed by atoms with Gasteiger partial charge in [0.25, 0.3) is 0 Å². The summed E-state index contributed by atoms with van der Waals surface area (Å²) in [6.07, 6.45) is 1.64. The van der Waals surface area contributed by atoms with E-state index in [9.17, 15) is 5.11 Å². The first-order valence-corrected chi connectivity index (χ1v) is 5.16. The SMILES string of the molecule is C=C1Nc2cc(C)cc(C)c2C(=C)C=C1O. The second kappa shape index (κ2) is 3.56. The third-order valence-electron chi connectivity index (χ3n) is 2.71. The van der Waals surface area contributed by atoms with Crippen LogP contribution in [0.4, 0.5) is 5.69 Å². The highest BCUT2D eigenvalue weighted by molar-refractivity contribution is 5.86. The molecule has 82 valence electrons. The number of hydrogen-bond donors (Lipinski definition) is 2. The molecule has 2 rings (SSSR count). The van der Waals surface area contributed by atoms with Gasteiger partial charge in [0, 0.05) is 11.3 Å². The summed E-state index contributed by atoms with van der Waals surface area (Å²) >= 11 is 0. The molecule has 1 heterocycles. The Kier molecular flexibility index (Phi) is 2.35. The molecule has 0 spiro atoms. The van der Waals surface area contributed by atoms with Crippen LogP contribution in [0, 0.1) is 13.8 Å². The second-order valence-electron chi connectivity index (χ2n) is 4.16. The number of hydrogen-bond acceptors (Lipinski definition) is 2. The molecule has 1 aliphatic rings. The van der Waals surface area contributed by atoms with Crippen LogP contribution in [-0.4, -0.2) is 5.11 Å². The van der Waals surface area contributed by atoms with Crippen molar-refractivity contribution in [3.05, 3.63) is 59.5 Å². The lowest BCUT2D eigenvalue weighted by atomic mass is 9.97. The minimum Gasteiger partial charge on any atom is -0.506 e. The lowest BCUT2D eigenvalue weighted by molar-refractivity contribution is 0.425. The maximum atomic E-state index is 9.70. The van der Waals surface area contributed by atoms with Crippen molar-refractivity contribution in [1.82, 2.24) is 0 Å². The van der Waals surface area contributed by atoms with Crippen LogP contribution in [0.15, 0.2) is 42.8 Å². The van der Waals surface area contributed by atoms with E-state index in [2.05, 4.69) is 24.5 Å². The first-order chi connectivity index (χ1) is 7.49. The Balaban J connectivity index is 2.68. The van der Waals surface area contributed by atoms with Crippen molar-refractivity contribution in [3.63, 3.8) is 0 Å². The molecule has 0 unspecified atom stereocenters. The molecular weight excluding hydrogens is 198 g/mol. The van der Waals surface area contributed by atoms with Gasteiger partial charge in [-0.25, -0.2) is 0 Å². The van der Waals surface area contributed by atoms with Gasteiger partial charge in [0.1, 0.15) is 5.76 Å². The quantitative estimate of drug-likeness (QED) is 0.688. The van der Waals surface area contributed by atoms with Gasteiger partial charge in [0.15, 0.2) is 0 Å². The number of aryl methyl sites for hydroxylation is 2. The second-order valence-corrected chi connectivity index (χ2v) is 4.16. The summed E-state index contributed by atoms with van der Waals surface area (Å²) in [5, 5.41) is 12.8. The van der Waals surface area contributed by atoms with Crippen LogP contribution in [0.2, 0.25) is 0 Å². The van der Waals surface area contributed by atoms with Crippen LogP contribution >= 0.6 is 0 Å². The predicted octanol–water partition coefficient (Wildman–Crippen LogP) is 3.70. The Labute approximate surface area is 95.6 Å². The van der Waals surface area contributed by atoms with Crippen molar-refractivity contribution in [2.75, 3.05) is 5.32 Å². The predicted molar refractivity (Wildman–Crippen MR) is 68.4 cm³/mol. The Morgan fingerprint density at radius 3 is 2.56 bits per heavy atom. The highest BCUT2D eigenvalue weighted by Crippen LogP contribution is 2.33. The molecule has 0 amide bonds. The largest absolute Gasteiger partial charge is 0.506 e. The molecule has 0 fully saturated rings. The lowest BCUT2D eigenvalue weighted by Crippen LogP contribution is -2.01. The van der Waals surface area contributed by atoms with Crippen LogP contribution in [-0.2, 0) is 0 Å². The van der Waals surface area contributed by atoms with E-state index in [0.717, 1.165) is 22.4 Å². The molecule has 2 nitrogen and oxygen atoms in total. The highest BCUT2D eigenvalue weighted by atomic mass is 16.3. The van der Waals surface area contributed by atoms with Crippen LogP contribution in [0.3, 0.4) is 0 Å².